The molecule has 0 bridgehead atoms. The molecule has 1 aliphatic heterocycles. The molecular weight excluding hydrogens is 387 g/mol. The highest BCUT2D eigenvalue weighted by Gasteiger charge is 2.40. The third-order valence-electron chi connectivity index (χ3n) is 4.46. The number of carbonyl (C=O) groups is 2. The number of carbonyl (C=O) groups excluding carboxylic acids is 2. The number of aromatic nitrogens is 1. The number of nitrogens with one attached hydrogen (secondary N) is 1. The molecule has 1 aromatic carbocycles. The zero-order chi connectivity index (χ0) is 20.9. The molecule has 0 spiro atoms. The van der Waals surface area contributed by atoms with Crippen LogP contribution in [0.1, 0.15) is 17.7 Å². The largest absolute Gasteiger partial charge is 0.487 e. The smallest absolute Gasteiger partial charge is 0.406 e. The van der Waals surface area contributed by atoms with Crippen molar-refractivity contribution in [2.75, 3.05) is 13.1 Å². The summed E-state index contributed by atoms with van der Waals surface area (Å²) in [6.07, 6.45) is -2.99. The molecule has 1 fully saturated rings. The quantitative estimate of drug-likeness (QED) is 0.766. The number of ether oxygens (including phenoxy) is 1. The van der Waals surface area contributed by atoms with E-state index in [1.807, 2.05) is 18.2 Å². The summed E-state index contributed by atoms with van der Waals surface area (Å²) < 4.78 is 43.0. The predicted octanol–water partition coefficient (Wildman–Crippen LogP) is 2.69. The van der Waals surface area contributed by atoms with E-state index in [9.17, 15) is 22.8 Å². The lowest BCUT2D eigenvalue weighted by atomic mass is 10.1. The standard InChI is InChI=1S/C20H20F3N3O3/c21-20(22,23)13-26-11-15(9-18(26)27)19(28)25-10-14-4-6-17(7-5-14)29-12-16-3-1-2-8-24-16/h1-8,15H,9-13H2,(H,25,28). The Morgan fingerprint density at radius 2 is 1.97 bits per heavy atom. The number of likely N-dealkylation sites (tertiary alicyclic amines) is 1. The summed E-state index contributed by atoms with van der Waals surface area (Å²) in [6.45, 7) is -0.996. The molecule has 29 heavy (non-hydrogen) atoms. The molecule has 1 aromatic heterocycles. The number of benzene rings is 1. The van der Waals surface area contributed by atoms with E-state index < -0.39 is 30.5 Å². The van der Waals surface area contributed by atoms with E-state index in [-0.39, 0.29) is 19.5 Å². The second-order valence-electron chi connectivity index (χ2n) is 6.76. The first kappa shape index (κ1) is 20.6. The Kier molecular flexibility index (Phi) is 6.36. The van der Waals surface area contributed by atoms with Crippen LogP contribution in [-0.2, 0) is 22.7 Å². The van der Waals surface area contributed by atoms with Crippen LogP contribution in [0.15, 0.2) is 48.7 Å². The van der Waals surface area contributed by atoms with Gasteiger partial charge in [-0.3, -0.25) is 14.6 Å². The van der Waals surface area contributed by atoms with Crippen LogP contribution in [0, 0.1) is 5.92 Å². The molecule has 2 heterocycles. The minimum absolute atomic E-state index is 0.206. The first-order valence-corrected chi connectivity index (χ1v) is 9.04. The molecule has 1 atom stereocenters. The van der Waals surface area contributed by atoms with Gasteiger partial charge in [-0.15, -0.1) is 0 Å². The van der Waals surface area contributed by atoms with Gasteiger partial charge in [0, 0.05) is 25.7 Å². The first-order chi connectivity index (χ1) is 13.8. The van der Waals surface area contributed by atoms with Crippen molar-refractivity contribution in [3.8, 4) is 5.75 Å². The van der Waals surface area contributed by atoms with Crippen LogP contribution in [0.5, 0.6) is 5.75 Å². The van der Waals surface area contributed by atoms with Crippen LogP contribution in [0.25, 0.3) is 0 Å². The molecule has 0 aliphatic carbocycles. The molecule has 2 amide bonds. The zero-order valence-corrected chi connectivity index (χ0v) is 15.5. The lowest BCUT2D eigenvalue weighted by molar-refractivity contribution is -0.157. The number of hydrogen-bond acceptors (Lipinski definition) is 4. The molecule has 1 aliphatic rings. The average Bonchev–Trinajstić information content (AvgIpc) is 3.05. The van der Waals surface area contributed by atoms with Crippen LogP contribution in [0.2, 0.25) is 0 Å². The van der Waals surface area contributed by atoms with E-state index in [2.05, 4.69) is 10.3 Å². The van der Waals surface area contributed by atoms with Gasteiger partial charge in [-0.1, -0.05) is 18.2 Å². The fourth-order valence-electron chi connectivity index (χ4n) is 2.99. The lowest BCUT2D eigenvalue weighted by Crippen LogP contribution is -2.37. The van der Waals surface area contributed by atoms with E-state index in [0.717, 1.165) is 11.3 Å². The number of pyridine rings is 1. The summed E-state index contributed by atoms with van der Waals surface area (Å²) in [5.74, 6) is -1.21. The van der Waals surface area contributed by atoms with Crippen molar-refractivity contribution in [1.29, 1.82) is 0 Å². The van der Waals surface area contributed by atoms with Gasteiger partial charge in [0.1, 0.15) is 18.9 Å². The van der Waals surface area contributed by atoms with Crippen LogP contribution in [-0.4, -0.2) is 41.0 Å². The monoisotopic (exact) mass is 407 g/mol. The van der Waals surface area contributed by atoms with Crippen molar-refractivity contribution in [3.63, 3.8) is 0 Å². The van der Waals surface area contributed by atoms with E-state index in [4.69, 9.17) is 4.74 Å². The van der Waals surface area contributed by atoms with Crippen molar-refractivity contribution in [2.24, 2.45) is 5.92 Å². The SMILES string of the molecule is O=C(NCc1ccc(OCc2ccccn2)cc1)C1CC(=O)N(CC(F)(F)F)C1. The van der Waals surface area contributed by atoms with Crippen molar-refractivity contribution < 1.29 is 27.5 Å². The number of rotatable bonds is 7. The number of alkyl halides is 3. The van der Waals surface area contributed by atoms with E-state index in [1.165, 1.54) is 0 Å². The Morgan fingerprint density at radius 3 is 2.62 bits per heavy atom. The zero-order valence-electron chi connectivity index (χ0n) is 15.5. The predicted molar refractivity (Wildman–Crippen MR) is 97.6 cm³/mol. The molecule has 1 unspecified atom stereocenters. The van der Waals surface area contributed by atoms with Crippen LogP contribution >= 0.6 is 0 Å². The van der Waals surface area contributed by atoms with E-state index >= 15 is 0 Å². The maximum absolute atomic E-state index is 12.5. The van der Waals surface area contributed by atoms with Gasteiger partial charge in [0.05, 0.1) is 11.6 Å². The molecule has 2 aromatic rings. The summed E-state index contributed by atoms with van der Waals surface area (Å²) in [4.78, 5) is 28.7. The minimum Gasteiger partial charge on any atom is -0.487 e. The lowest BCUT2D eigenvalue weighted by Gasteiger charge is -2.18. The molecular formula is C20H20F3N3O3. The Bertz CT molecular complexity index is 842. The normalized spacial score (nSPS) is 16.7. The van der Waals surface area contributed by atoms with Gasteiger partial charge in [0.15, 0.2) is 0 Å². The maximum atomic E-state index is 12.5. The summed E-state index contributed by atoms with van der Waals surface area (Å²) in [7, 11) is 0. The minimum atomic E-state index is -4.47. The molecule has 9 heteroatoms. The van der Waals surface area contributed by atoms with Crippen LogP contribution in [0.3, 0.4) is 0 Å². The highest BCUT2D eigenvalue weighted by atomic mass is 19.4. The second-order valence-corrected chi connectivity index (χ2v) is 6.76. The van der Waals surface area contributed by atoms with Crippen molar-refractivity contribution in [1.82, 2.24) is 15.2 Å². The van der Waals surface area contributed by atoms with Gasteiger partial charge >= 0.3 is 6.18 Å². The summed E-state index contributed by atoms with van der Waals surface area (Å²) in [5, 5.41) is 2.67. The van der Waals surface area contributed by atoms with Gasteiger partial charge in [-0.2, -0.15) is 13.2 Å². The van der Waals surface area contributed by atoms with Gasteiger partial charge in [0.25, 0.3) is 0 Å². The Labute approximate surface area is 165 Å². The maximum Gasteiger partial charge on any atom is 0.406 e. The van der Waals surface area contributed by atoms with Crippen LogP contribution < -0.4 is 10.1 Å². The van der Waals surface area contributed by atoms with Crippen molar-refractivity contribution in [2.45, 2.75) is 25.7 Å². The second kappa shape index (κ2) is 8.93. The Balaban J connectivity index is 1.45. The first-order valence-electron chi connectivity index (χ1n) is 9.04. The summed E-state index contributed by atoms with van der Waals surface area (Å²) in [6, 6.07) is 12.6. The van der Waals surface area contributed by atoms with Crippen molar-refractivity contribution in [3.05, 3.63) is 59.9 Å². The number of amides is 2. The number of hydrogen-bond donors (Lipinski definition) is 1. The highest BCUT2D eigenvalue weighted by molar-refractivity contribution is 5.89. The Morgan fingerprint density at radius 1 is 1.21 bits per heavy atom. The molecule has 3 rings (SSSR count). The third-order valence-corrected chi connectivity index (χ3v) is 4.46. The molecule has 1 saturated heterocycles. The number of halogens is 3. The van der Waals surface area contributed by atoms with Crippen LogP contribution in [0.4, 0.5) is 13.2 Å². The average molecular weight is 407 g/mol. The number of nitrogens with zero attached hydrogens (tertiary/aromatic N) is 2. The molecule has 0 saturated carbocycles. The highest BCUT2D eigenvalue weighted by Crippen LogP contribution is 2.24. The van der Waals surface area contributed by atoms with Gasteiger partial charge in [-0.05, 0) is 29.8 Å². The summed E-state index contributed by atoms with van der Waals surface area (Å²) in [5.41, 5.74) is 1.61. The van der Waals surface area contributed by atoms with E-state index in [0.29, 0.717) is 17.3 Å². The van der Waals surface area contributed by atoms with Crippen molar-refractivity contribution >= 4 is 11.8 Å². The fraction of sp³-hybridized carbons (Fsp3) is 0.350. The van der Waals surface area contributed by atoms with E-state index in [1.54, 1.807) is 30.5 Å². The fourth-order valence-corrected chi connectivity index (χ4v) is 2.99. The topological polar surface area (TPSA) is 71.5 Å². The van der Waals surface area contributed by atoms with Gasteiger partial charge in [0.2, 0.25) is 11.8 Å². The molecule has 0 radical (unpaired) electrons. The molecule has 6 nitrogen and oxygen atoms in total. The molecule has 1 N–H and O–H groups in total. The van der Waals surface area contributed by atoms with Gasteiger partial charge < -0.3 is 15.0 Å². The third kappa shape index (κ3) is 6.20. The van der Waals surface area contributed by atoms with Gasteiger partial charge in [-0.25, -0.2) is 0 Å². The molecule has 154 valence electrons. The summed E-state index contributed by atoms with van der Waals surface area (Å²) >= 11 is 0. The Hall–Kier alpha value is -3.10.